The summed E-state index contributed by atoms with van der Waals surface area (Å²) in [7, 11) is 0. The Hall–Kier alpha value is -0.230. The molecule has 1 fully saturated rings. The minimum atomic E-state index is 0.121. The Morgan fingerprint density at radius 1 is 1.27 bits per heavy atom. The molecule has 0 aromatic heterocycles. The highest BCUT2D eigenvalue weighted by Gasteiger charge is 2.14. The molecule has 1 heterocycles. The summed E-state index contributed by atoms with van der Waals surface area (Å²) in [5, 5.41) is 11.2. The van der Waals surface area contributed by atoms with Gasteiger partial charge in [-0.05, 0) is 0 Å². The monoisotopic (exact) mass is 163 g/mol. The van der Waals surface area contributed by atoms with E-state index in [0.717, 1.165) is 5.12 Å². The summed E-state index contributed by atoms with van der Waals surface area (Å²) >= 11 is 0. The molecule has 11 heavy (non-hydrogen) atoms. The van der Waals surface area contributed by atoms with Gasteiger partial charge in [0.25, 0.3) is 0 Å². The van der Waals surface area contributed by atoms with Crippen molar-refractivity contribution in [1.29, 1.82) is 0 Å². The van der Waals surface area contributed by atoms with Gasteiger partial charge < -0.3 is 5.11 Å². The van der Waals surface area contributed by atoms with E-state index in [9.17, 15) is 4.48 Å². The van der Waals surface area contributed by atoms with Crippen molar-refractivity contribution in [3.63, 3.8) is 0 Å². The van der Waals surface area contributed by atoms with E-state index in [2.05, 4.69) is 5.43 Å². The molecule has 5 heteroatoms. The Bertz CT molecular complexity index is 103. The summed E-state index contributed by atoms with van der Waals surface area (Å²) in [5.74, 6) is 0. The van der Waals surface area contributed by atoms with Gasteiger partial charge in [-0.1, -0.05) is 0 Å². The Morgan fingerprint density at radius 2 is 1.91 bits per heavy atom. The molecule has 1 saturated heterocycles. The van der Waals surface area contributed by atoms with E-state index in [-0.39, 0.29) is 6.61 Å². The Labute approximate surface area is 65.5 Å². The minimum Gasteiger partial charge on any atom is -0.395 e. The van der Waals surface area contributed by atoms with E-state index in [0.29, 0.717) is 32.7 Å². The van der Waals surface area contributed by atoms with Gasteiger partial charge in [-0.25, -0.2) is 5.01 Å². The van der Waals surface area contributed by atoms with Crippen molar-refractivity contribution in [3.05, 3.63) is 0 Å². The minimum absolute atomic E-state index is 0.121. The summed E-state index contributed by atoms with van der Waals surface area (Å²) in [4.78, 5) is 0. The molecular weight excluding hydrogens is 149 g/mol. The quantitative estimate of drug-likeness (QED) is 0.523. The zero-order chi connectivity index (χ0) is 8.10. The molecule has 2 N–H and O–H groups in total. The lowest BCUT2D eigenvalue weighted by molar-refractivity contribution is -0.0360. The third kappa shape index (κ3) is 3.11. The second-order valence-corrected chi connectivity index (χ2v) is 2.53. The molecule has 4 nitrogen and oxygen atoms in total. The fourth-order valence-electron chi connectivity index (χ4n) is 1.05. The zero-order valence-electron chi connectivity index (χ0n) is 6.46. The van der Waals surface area contributed by atoms with Crippen LogP contribution in [0.1, 0.15) is 0 Å². The molecular formula is C6H14FN3O. The zero-order valence-corrected chi connectivity index (χ0v) is 6.46. The molecule has 0 saturated carbocycles. The van der Waals surface area contributed by atoms with Crippen molar-refractivity contribution < 1.29 is 9.59 Å². The SMILES string of the molecule is OCCNN1CCN(F)CC1. The van der Waals surface area contributed by atoms with Gasteiger partial charge in [0.2, 0.25) is 0 Å². The predicted octanol–water partition coefficient (Wildman–Crippen LogP) is -1.01. The van der Waals surface area contributed by atoms with Gasteiger partial charge in [0.05, 0.1) is 6.61 Å². The molecule has 0 aromatic carbocycles. The van der Waals surface area contributed by atoms with Gasteiger partial charge in [0.1, 0.15) is 0 Å². The molecule has 0 spiro atoms. The maximum absolute atomic E-state index is 12.4. The molecule has 0 bridgehead atoms. The number of aliphatic hydroxyl groups is 1. The van der Waals surface area contributed by atoms with E-state index in [4.69, 9.17) is 5.11 Å². The molecule has 0 unspecified atom stereocenters. The molecule has 1 aliphatic rings. The average Bonchev–Trinajstić information content (AvgIpc) is 2.04. The number of piperazine rings is 1. The van der Waals surface area contributed by atoms with Gasteiger partial charge in [-0.3, -0.25) is 5.43 Å². The first-order valence-corrected chi connectivity index (χ1v) is 3.83. The van der Waals surface area contributed by atoms with Gasteiger partial charge in [0.15, 0.2) is 0 Å². The van der Waals surface area contributed by atoms with Crippen molar-refractivity contribution in [2.45, 2.75) is 0 Å². The van der Waals surface area contributed by atoms with Gasteiger partial charge in [0, 0.05) is 32.7 Å². The van der Waals surface area contributed by atoms with Crippen LogP contribution in [0.3, 0.4) is 0 Å². The van der Waals surface area contributed by atoms with E-state index >= 15 is 0 Å². The van der Waals surface area contributed by atoms with Crippen LogP contribution in [0.25, 0.3) is 0 Å². The lowest BCUT2D eigenvalue weighted by Crippen LogP contribution is -2.50. The van der Waals surface area contributed by atoms with E-state index in [1.54, 1.807) is 0 Å². The van der Waals surface area contributed by atoms with Gasteiger partial charge >= 0.3 is 0 Å². The average molecular weight is 163 g/mol. The highest BCUT2D eigenvalue weighted by molar-refractivity contribution is 4.62. The summed E-state index contributed by atoms with van der Waals surface area (Å²) < 4.78 is 12.4. The number of nitrogens with one attached hydrogen (secondary N) is 1. The fraction of sp³-hybridized carbons (Fsp3) is 1.00. The van der Waals surface area contributed by atoms with Crippen LogP contribution in [-0.2, 0) is 0 Å². The first kappa shape index (κ1) is 8.86. The number of rotatable bonds is 3. The molecule has 1 aliphatic heterocycles. The van der Waals surface area contributed by atoms with Crippen LogP contribution in [-0.4, -0.2) is 54.6 Å². The molecule has 0 radical (unpaired) electrons. The van der Waals surface area contributed by atoms with Crippen molar-refractivity contribution in [3.8, 4) is 0 Å². The summed E-state index contributed by atoms with van der Waals surface area (Å²) in [6.45, 7) is 2.91. The summed E-state index contributed by atoms with van der Waals surface area (Å²) in [5.41, 5.74) is 2.98. The largest absolute Gasteiger partial charge is 0.395 e. The number of hydrogen-bond donors (Lipinski definition) is 2. The smallest absolute Gasteiger partial charge is 0.0570 e. The molecule has 0 aromatic rings. The van der Waals surface area contributed by atoms with E-state index in [1.807, 2.05) is 5.01 Å². The normalized spacial score (nSPS) is 22.4. The molecule has 66 valence electrons. The highest BCUT2D eigenvalue weighted by atomic mass is 19.2. The number of hydrogen-bond acceptors (Lipinski definition) is 4. The first-order valence-electron chi connectivity index (χ1n) is 3.83. The maximum Gasteiger partial charge on any atom is 0.0570 e. The first-order chi connectivity index (χ1) is 5.33. The van der Waals surface area contributed by atoms with Crippen LogP contribution in [0.5, 0.6) is 0 Å². The number of nitrogens with zero attached hydrogens (tertiary/aromatic N) is 2. The van der Waals surface area contributed by atoms with E-state index in [1.165, 1.54) is 0 Å². The van der Waals surface area contributed by atoms with Gasteiger partial charge in [-0.2, -0.15) is 0 Å². The van der Waals surface area contributed by atoms with Crippen LogP contribution >= 0.6 is 0 Å². The Morgan fingerprint density at radius 3 is 2.45 bits per heavy atom. The predicted molar refractivity (Wildman–Crippen MR) is 39.3 cm³/mol. The number of aliphatic hydroxyl groups excluding tert-OH is 1. The maximum atomic E-state index is 12.4. The molecule has 0 amide bonds. The highest BCUT2D eigenvalue weighted by Crippen LogP contribution is 1.97. The Balaban J connectivity index is 2.07. The van der Waals surface area contributed by atoms with E-state index < -0.39 is 0 Å². The fourth-order valence-corrected chi connectivity index (χ4v) is 1.05. The molecule has 1 rings (SSSR count). The number of hydrazine groups is 1. The van der Waals surface area contributed by atoms with Crippen LogP contribution in [0.4, 0.5) is 4.48 Å². The third-order valence-electron chi connectivity index (χ3n) is 1.67. The second-order valence-electron chi connectivity index (χ2n) is 2.53. The lowest BCUT2D eigenvalue weighted by Gasteiger charge is -2.29. The van der Waals surface area contributed by atoms with Crippen LogP contribution in [0.15, 0.2) is 0 Å². The van der Waals surface area contributed by atoms with Crippen molar-refractivity contribution in [1.82, 2.24) is 15.6 Å². The topological polar surface area (TPSA) is 38.7 Å². The van der Waals surface area contributed by atoms with Crippen molar-refractivity contribution >= 4 is 0 Å². The lowest BCUT2D eigenvalue weighted by atomic mass is 10.4. The van der Waals surface area contributed by atoms with Crippen LogP contribution in [0, 0.1) is 0 Å². The third-order valence-corrected chi connectivity index (χ3v) is 1.67. The number of halogens is 1. The standard InChI is InChI=1S/C6H14FN3O/c7-9-2-4-10(5-3-9)8-1-6-11/h8,11H,1-6H2. The van der Waals surface area contributed by atoms with Crippen molar-refractivity contribution in [2.75, 3.05) is 39.3 Å². The van der Waals surface area contributed by atoms with Crippen LogP contribution in [0.2, 0.25) is 0 Å². The van der Waals surface area contributed by atoms with Gasteiger partial charge in [-0.15, -0.1) is 9.60 Å². The molecule has 0 atom stereocenters. The van der Waals surface area contributed by atoms with Crippen LogP contribution < -0.4 is 5.43 Å². The van der Waals surface area contributed by atoms with Crippen molar-refractivity contribution in [2.24, 2.45) is 0 Å². The molecule has 0 aliphatic carbocycles. The Kier molecular flexibility index (Phi) is 3.71. The summed E-state index contributed by atoms with van der Waals surface area (Å²) in [6, 6.07) is 0. The summed E-state index contributed by atoms with van der Waals surface area (Å²) in [6.07, 6.45) is 0. The second kappa shape index (κ2) is 4.61.